The minimum absolute atomic E-state index is 0.0799. The monoisotopic (exact) mass is 497 g/mol. The Labute approximate surface area is 220 Å². The van der Waals surface area contributed by atoms with Gasteiger partial charge >= 0.3 is 0 Å². The van der Waals surface area contributed by atoms with Crippen LogP contribution in [0.15, 0.2) is 60.7 Å². The van der Waals surface area contributed by atoms with Crippen LogP contribution in [0.4, 0.5) is 11.8 Å². The molecule has 1 saturated carbocycles. The van der Waals surface area contributed by atoms with E-state index >= 15 is 0 Å². The highest BCUT2D eigenvalue weighted by Crippen LogP contribution is 2.31. The van der Waals surface area contributed by atoms with Crippen molar-refractivity contribution in [3.8, 4) is 0 Å². The molecule has 194 valence electrons. The van der Waals surface area contributed by atoms with Gasteiger partial charge in [-0.15, -0.1) is 0 Å². The lowest BCUT2D eigenvalue weighted by Crippen LogP contribution is -2.36. The zero-order valence-corrected chi connectivity index (χ0v) is 22.1. The molecule has 6 heteroatoms. The third-order valence-electron chi connectivity index (χ3n) is 7.86. The summed E-state index contributed by atoms with van der Waals surface area (Å²) in [6.07, 6.45) is 8.88. The predicted molar refractivity (Wildman–Crippen MR) is 150 cm³/mol. The van der Waals surface area contributed by atoms with E-state index in [-0.39, 0.29) is 11.8 Å². The van der Waals surface area contributed by atoms with E-state index in [1.807, 2.05) is 60.7 Å². The molecular weight excluding hydrogens is 458 g/mol. The summed E-state index contributed by atoms with van der Waals surface area (Å²) in [5, 5.41) is 6.92. The number of hydrogen-bond acceptors (Lipinski definition) is 5. The van der Waals surface area contributed by atoms with Gasteiger partial charge in [-0.3, -0.25) is 4.79 Å². The Hall–Kier alpha value is -3.41. The zero-order valence-electron chi connectivity index (χ0n) is 22.1. The van der Waals surface area contributed by atoms with Crippen LogP contribution in [-0.2, 0) is 17.6 Å². The molecule has 0 atom stereocenters. The molecular formula is C31H39N5O. The number of aryl methyl sites for hydroxylation is 1. The van der Waals surface area contributed by atoms with Crippen molar-refractivity contribution in [3.05, 3.63) is 83.0 Å². The van der Waals surface area contributed by atoms with Crippen LogP contribution < -0.4 is 15.5 Å². The number of amides is 1. The van der Waals surface area contributed by atoms with Crippen LogP contribution in [-0.4, -0.2) is 42.6 Å². The first kappa shape index (κ1) is 25.2. The summed E-state index contributed by atoms with van der Waals surface area (Å²) in [5.41, 5.74) is 4.60. The molecule has 0 saturated heterocycles. The van der Waals surface area contributed by atoms with E-state index in [0.29, 0.717) is 12.0 Å². The van der Waals surface area contributed by atoms with Gasteiger partial charge in [0, 0.05) is 32.2 Å². The van der Waals surface area contributed by atoms with E-state index < -0.39 is 0 Å². The van der Waals surface area contributed by atoms with Crippen LogP contribution in [0.5, 0.6) is 0 Å². The second-order valence-electron chi connectivity index (χ2n) is 10.8. The number of rotatable bonds is 8. The highest BCUT2D eigenvalue weighted by molar-refractivity contribution is 5.87. The zero-order chi connectivity index (χ0) is 25.6. The quantitative estimate of drug-likeness (QED) is 0.440. The van der Waals surface area contributed by atoms with Crippen molar-refractivity contribution in [3.63, 3.8) is 0 Å². The van der Waals surface area contributed by atoms with Crippen molar-refractivity contribution < 1.29 is 4.79 Å². The van der Waals surface area contributed by atoms with Crippen LogP contribution in [0.3, 0.4) is 0 Å². The second kappa shape index (κ2) is 11.8. The molecule has 5 rings (SSSR count). The van der Waals surface area contributed by atoms with Crippen LogP contribution in [0.1, 0.15) is 66.8 Å². The first-order valence-corrected chi connectivity index (χ1v) is 13.8. The van der Waals surface area contributed by atoms with Crippen molar-refractivity contribution >= 4 is 17.7 Å². The van der Waals surface area contributed by atoms with E-state index in [2.05, 4.69) is 29.6 Å². The molecule has 1 fully saturated rings. The smallest absolute Gasteiger partial charge is 0.232 e. The SMILES string of the molecule is CN(C)c1nc(NC2CCC(CNC(=O)C(c3ccccc3)c3ccccc3)CC2)nc2c1CCCC2. The molecule has 0 spiro atoms. The molecule has 0 radical (unpaired) electrons. The van der Waals surface area contributed by atoms with E-state index in [1.54, 1.807) is 0 Å². The van der Waals surface area contributed by atoms with E-state index in [0.717, 1.165) is 68.0 Å². The van der Waals surface area contributed by atoms with Gasteiger partial charge in [0.05, 0.1) is 11.6 Å². The maximum absolute atomic E-state index is 13.4. The summed E-state index contributed by atoms with van der Waals surface area (Å²) in [6, 6.07) is 20.5. The third kappa shape index (κ3) is 6.12. The van der Waals surface area contributed by atoms with E-state index in [1.165, 1.54) is 24.1 Å². The molecule has 3 aromatic rings. The number of anilines is 2. The van der Waals surface area contributed by atoms with Crippen molar-refractivity contribution in [2.45, 2.75) is 63.3 Å². The topological polar surface area (TPSA) is 70.2 Å². The van der Waals surface area contributed by atoms with E-state index in [4.69, 9.17) is 9.97 Å². The molecule has 2 aliphatic carbocycles. The minimum Gasteiger partial charge on any atom is -0.362 e. The summed E-state index contributed by atoms with van der Waals surface area (Å²) >= 11 is 0. The summed E-state index contributed by atoms with van der Waals surface area (Å²) < 4.78 is 0. The molecule has 0 aliphatic heterocycles. The number of nitrogens with one attached hydrogen (secondary N) is 2. The van der Waals surface area contributed by atoms with Crippen molar-refractivity contribution in [1.82, 2.24) is 15.3 Å². The molecule has 0 unspecified atom stereocenters. The van der Waals surface area contributed by atoms with Gasteiger partial charge in [0.1, 0.15) is 5.82 Å². The lowest BCUT2D eigenvalue weighted by Gasteiger charge is -2.30. The van der Waals surface area contributed by atoms with Gasteiger partial charge in [0.25, 0.3) is 0 Å². The second-order valence-corrected chi connectivity index (χ2v) is 10.8. The standard InChI is InChI=1S/C31H39N5O/c1-36(2)29-26-15-9-10-16-27(26)34-31(35-29)33-25-19-17-22(18-20-25)21-32-30(37)28(23-11-5-3-6-12-23)24-13-7-4-8-14-24/h3-8,11-14,22,25,28H,9-10,15-21H2,1-2H3,(H,32,37)(H,33,34,35). The Morgan fingerprint density at radius 2 is 1.51 bits per heavy atom. The fraction of sp³-hybridized carbons (Fsp3) is 0.452. The van der Waals surface area contributed by atoms with Crippen LogP contribution >= 0.6 is 0 Å². The summed E-state index contributed by atoms with van der Waals surface area (Å²) in [4.78, 5) is 25.3. The lowest BCUT2D eigenvalue weighted by atomic mass is 9.85. The number of carbonyl (C=O) groups excluding carboxylic acids is 1. The van der Waals surface area contributed by atoms with Gasteiger partial charge in [0.2, 0.25) is 11.9 Å². The Kier molecular flexibility index (Phi) is 8.02. The number of fused-ring (bicyclic) bond motifs is 1. The van der Waals surface area contributed by atoms with Crippen molar-refractivity contribution in [1.29, 1.82) is 0 Å². The summed E-state index contributed by atoms with van der Waals surface area (Å²) in [6.45, 7) is 0.724. The third-order valence-corrected chi connectivity index (χ3v) is 7.86. The average molecular weight is 498 g/mol. The van der Waals surface area contributed by atoms with E-state index in [9.17, 15) is 4.79 Å². The van der Waals surface area contributed by atoms with Crippen molar-refractivity contribution in [2.24, 2.45) is 5.92 Å². The lowest BCUT2D eigenvalue weighted by molar-refractivity contribution is -0.121. The molecule has 1 heterocycles. The summed E-state index contributed by atoms with van der Waals surface area (Å²) in [5.74, 6) is 2.13. The fourth-order valence-electron chi connectivity index (χ4n) is 5.84. The Morgan fingerprint density at radius 1 is 0.892 bits per heavy atom. The maximum atomic E-state index is 13.4. The molecule has 2 aromatic carbocycles. The number of nitrogens with zero attached hydrogens (tertiary/aromatic N) is 3. The van der Waals surface area contributed by atoms with Gasteiger partial charge in [-0.1, -0.05) is 60.7 Å². The molecule has 37 heavy (non-hydrogen) atoms. The fourth-order valence-corrected chi connectivity index (χ4v) is 5.84. The minimum atomic E-state index is -0.285. The predicted octanol–water partition coefficient (Wildman–Crippen LogP) is 5.34. The van der Waals surface area contributed by atoms with Crippen LogP contribution in [0.2, 0.25) is 0 Å². The first-order valence-electron chi connectivity index (χ1n) is 13.8. The van der Waals surface area contributed by atoms with Crippen LogP contribution in [0.25, 0.3) is 0 Å². The Bertz CT molecular complexity index is 1130. The largest absolute Gasteiger partial charge is 0.362 e. The van der Waals surface area contributed by atoms with Crippen molar-refractivity contribution in [2.75, 3.05) is 30.9 Å². The average Bonchev–Trinajstić information content (AvgIpc) is 2.93. The van der Waals surface area contributed by atoms with Gasteiger partial charge in [0.15, 0.2) is 0 Å². The molecule has 6 nitrogen and oxygen atoms in total. The summed E-state index contributed by atoms with van der Waals surface area (Å²) in [7, 11) is 4.14. The first-order chi connectivity index (χ1) is 18.1. The Balaban J connectivity index is 1.17. The normalized spacial score (nSPS) is 19.2. The highest BCUT2D eigenvalue weighted by atomic mass is 16.1. The van der Waals surface area contributed by atoms with Gasteiger partial charge in [-0.05, 0) is 68.4 Å². The number of carbonyl (C=O) groups is 1. The van der Waals surface area contributed by atoms with Gasteiger partial charge in [-0.2, -0.15) is 4.98 Å². The molecule has 2 aliphatic rings. The number of hydrogen-bond donors (Lipinski definition) is 2. The number of benzene rings is 2. The maximum Gasteiger partial charge on any atom is 0.232 e. The van der Waals surface area contributed by atoms with Gasteiger partial charge in [-0.25, -0.2) is 4.98 Å². The Morgan fingerprint density at radius 3 is 2.14 bits per heavy atom. The van der Waals surface area contributed by atoms with Crippen LogP contribution in [0, 0.1) is 5.92 Å². The molecule has 0 bridgehead atoms. The molecule has 2 N–H and O–H groups in total. The molecule has 1 aromatic heterocycles. The van der Waals surface area contributed by atoms with Gasteiger partial charge < -0.3 is 15.5 Å². The molecule has 1 amide bonds. The number of aromatic nitrogens is 2. The highest BCUT2D eigenvalue weighted by Gasteiger charge is 2.26.